The number of ether oxygens (including phenoxy) is 2. The van der Waals surface area contributed by atoms with Gasteiger partial charge in [-0.25, -0.2) is 4.79 Å². The lowest BCUT2D eigenvalue weighted by molar-refractivity contribution is 0.0920. The number of pyridine rings is 1. The average molecular weight is 557 g/mol. The summed E-state index contributed by atoms with van der Waals surface area (Å²) in [5.41, 5.74) is 2.76. The third-order valence-corrected chi connectivity index (χ3v) is 7.76. The Labute approximate surface area is 229 Å². The largest absolute Gasteiger partial charge is 0.442 e. The zero-order valence-electron chi connectivity index (χ0n) is 20.9. The van der Waals surface area contributed by atoms with E-state index in [-0.39, 0.29) is 31.2 Å². The van der Waals surface area contributed by atoms with E-state index < -0.39 is 12.2 Å². The SMILES string of the molecule is COCc1cc(N2C[C@H](CNC(=O)c3ccc(Cl)s3)OC2=O)ccc1-n1cccc(CCNC2CC2)c1=O. The third kappa shape index (κ3) is 6.10. The molecule has 2 N–H and O–H groups in total. The molecule has 2 fully saturated rings. The first-order valence-electron chi connectivity index (χ1n) is 12.5. The Bertz CT molecular complexity index is 1390. The smallest absolute Gasteiger partial charge is 0.414 e. The van der Waals surface area contributed by atoms with Crippen LogP contribution in [0, 0.1) is 0 Å². The number of anilines is 1. The summed E-state index contributed by atoms with van der Waals surface area (Å²) in [6.07, 6.45) is 3.81. The zero-order chi connectivity index (χ0) is 26.6. The number of halogens is 1. The van der Waals surface area contributed by atoms with Crippen LogP contribution in [-0.2, 0) is 22.5 Å². The van der Waals surface area contributed by atoms with Crippen LogP contribution in [-0.4, -0.2) is 55.5 Å². The van der Waals surface area contributed by atoms with Crippen LogP contribution in [0.15, 0.2) is 53.5 Å². The first kappa shape index (κ1) is 26.4. The molecule has 3 aromatic rings. The molecule has 0 radical (unpaired) electrons. The molecule has 11 heteroatoms. The normalized spacial score (nSPS) is 17.1. The Morgan fingerprint density at radius 2 is 2.03 bits per heavy atom. The van der Waals surface area contributed by atoms with Crippen molar-refractivity contribution in [2.45, 2.75) is 38.0 Å². The van der Waals surface area contributed by atoms with E-state index in [0.717, 1.165) is 17.7 Å². The van der Waals surface area contributed by atoms with Gasteiger partial charge in [0.25, 0.3) is 11.5 Å². The van der Waals surface area contributed by atoms with Crippen LogP contribution in [0.5, 0.6) is 0 Å². The second-order valence-corrected chi connectivity index (χ2v) is 11.1. The standard InChI is InChI=1S/C27H29ClN4O5S/c1-36-16-18-13-20(32-15-21(37-27(32)35)14-30-25(33)23-8-9-24(28)38-23)6-7-22(18)31-12-2-3-17(26(31)34)10-11-29-19-4-5-19/h2-3,6-9,12-13,19,21,29H,4-5,10-11,14-16H2,1H3,(H,30,33)/t21-/m0/s1. The quantitative estimate of drug-likeness (QED) is 0.373. The molecule has 2 amide bonds. The van der Waals surface area contributed by atoms with Crippen molar-refractivity contribution in [2.24, 2.45) is 0 Å². The molecular formula is C27H29ClN4O5S. The van der Waals surface area contributed by atoms with E-state index >= 15 is 0 Å². The van der Waals surface area contributed by atoms with Crippen LogP contribution in [0.2, 0.25) is 4.34 Å². The third-order valence-electron chi connectivity index (χ3n) is 6.53. The molecule has 38 heavy (non-hydrogen) atoms. The zero-order valence-corrected chi connectivity index (χ0v) is 22.5. The molecule has 1 saturated carbocycles. The second kappa shape index (κ2) is 11.7. The van der Waals surface area contributed by atoms with Gasteiger partial charge >= 0.3 is 6.09 Å². The predicted octanol–water partition coefficient (Wildman–Crippen LogP) is 3.75. The lowest BCUT2D eigenvalue weighted by Crippen LogP contribution is -2.34. The van der Waals surface area contributed by atoms with Gasteiger partial charge in [0.05, 0.1) is 34.6 Å². The molecule has 1 aliphatic heterocycles. The van der Waals surface area contributed by atoms with E-state index in [1.807, 2.05) is 24.3 Å². The van der Waals surface area contributed by atoms with Gasteiger partial charge in [0.15, 0.2) is 0 Å². The van der Waals surface area contributed by atoms with Crippen LogP contribution in [0.1, 0.15) is 33.6 Å². The van der Waals surface area contributed by atoms with E-state index in [1.165, 1.54) is 29.1 Å². The number of methoxy groups -OCH3 is 1. The van der Waals surface area contributed by atoms with Crippen molar-refractivity contribution < 1.29 is 19.1 Å². The van der Waals surface area contributed by atoms with Gasteiger partial charge in [0.2, 0.25) is 0 Å². The van der Waals surface area contributed by atoms with Crippen LogP contribution in [0.3, 0.4) is 0 Å². The Hall–Kier alpha value is -3.18. The highest BCUT2D eigenvalue weighted by Crippen LogP contribution is 2.27. The fourth-order valence-corrected chi connectivity index (χ4v) is 5.39. The number of cyclic esters (lactones) is 1. The second-order valence-electron chi connectivity index (χ2n) is 9.36. The Kier molecular flexibility index (Phi) is 8.13. The predicted molar refractivity (Wildman–Crippen MR) is 147 cm³/mol. The lowest BCUT2D eigenvalue weighted by atomic mass is 10.1. The maximum absolute atomic E-state index is 13.3. The van der Waals surface area contributed by atoms with Crippen LogP contribution in [0.4, 0.5) is 10.5 Å². The monoisotopic (exact) mass is 556 g/mol. The van der Waals surface area contributed by atoms with E-state index in [4.69, 9.17) is 21.1 Å². The number of thiophene rings is 1. The van der Waals surface area contributed by atoms with Gasteiger partial charge in [0, 0.05) is 36.2 Å². The number of carbonyl (C=O) groups excluding carboxylic acids is 2. The molecule has 3 heterocycles. The molecular weight excluding hydrogens is 528 g/mol. The van der Waals surface area contributed by atoms with E-state index in [9.17, 15) is 14.4 Å². The summed E-state index contributed by atoms with van der Waals surface area (Å²) < 4.78 is 13.1. The van der Waals surface area contributed by atoms with Crippen molar-refractivity contribution in [2.75, 3.05) is 31.6 Å². The lowest BCUT2D eigenvalue weighted by Gasteiger charge is -2.18. The molecule has 1 aromatic carbocycles. The highest BCUT2D eigenvalue weighted by Gasteiger charge is 2.33. The van der Waals surface area contributed by atoms with Crippen LogP contribution >= 0.6 is 22.9 Å². The highest BCUT2D eigenvalue weighted by atomic mass is 35.5. The minimum atomic E-state index is -0.504. The maximum Gasteiger partial charge on any atom is 0.414 e. The summed E-state index contributed by atoms with van der Waals surface area (Å²) in [5.74, 6) is -0.265. The number of rotatable bonds is 11. The van der Waals surface area contributed by atoms with Crippen molar-refractivity contribution in [3.8, 4) is 5.69 Å². The maximum atomic E-state index is 13.3. The van der Waals surface area contributed by atoms with Crippen molar-refractivity contribution in [1.29, 1.82) is 0 Å². The van der Waals surface area contributed by atoms with Gasteiger partial charge < -0.3 is 20.1 Å². The molecule has 0 bridgehead atoms. The Balaban J connectivity index is 1.29. The van der Waals surface area contributed by atoms with E-state index in [2.05, 4.69) is 10.6 Å². The Morgan fingerprint density at radius 1 is 1.18 bits per heavy atom. The summed E-state index contributed by atoms with van der Waals surface area (Å²) in [7, 11) is 1.59. The van der Waals surface area contributed by atoms with Gasteiger partial charge in [-0.05, 0) is 62.2 Å². The number of amides is 2. The minimum Gasteiger partial charge on any atom is -0.442 e. The molecule has 1 aliphatic carbocycles. The van der Waals surface area contributed by atoms with Gasteiger partial charge in [-0.15, -0.1) is 11.3 Å². The fraction of sp³-hybridized carbons (Fsp3) is 0.370. The molecule has 2 aliphatic rings. The number of carbonyl (C=O) groups is 2. The summed E-state index contributed by atoms with van der Waals surface area (Å²) in [6, 6.07) is 13.1. The highest BCUT2D eigenvalue weighted by molar-refractivity contribution is 7.18. The van der Waals surface area contributed by atoms with Gasteiger partial charge in [-0.3, -0.25) is 19.1 Å². The van der Waals surface area contributed by atoms with Crippen molar-refractivity contribution in [3.05, 3.63) is 79.4 Å². The first-order chi connectivity index (χ1) is 18.4. The average Bonchev–Trinajstić information content (AvgIpc) is 3.50. The number of hydrogen-bond acceptors (Lipinski definition) is 7. The molecule has 1 saturated heterocycles. The van der Waals surface area contributed by atoms with E-state index in [0.29, 0.717) is 33.1 Å². The van der Waals surface area contributed by atoms with Crippen molar-refractivity contribution in [3.63, 3.8) is 0 Å². The number of nitrogens with one attached hydrogen (secondary N) is 2. The molecule has 200 valence electrons. The fourth-order valence-electron chi connectivity index (χ4n) is 4.43. The number of benzene rings is 1. The number of hydrogen-bond donors (Lipinski definition) is 2. The topological polar surface area (TPSA) is 102 Å². The number of aromatic nitrogens is 1. The Morgan fingerprint density at radius 3 is 2.76 bits per heavy atom. The first-order valence-corrected chi connectivity index (χ1v) is 13.7. The number of nitrogens with zero attached hydrogens (tertiary/aromatic N) is 2. The summed E-state index contributed by atoms with van der Waals surface area (Å²) >= 11 is 7.09. The summed E-state index contributed by atoms with van der Waals surface area (Å²) in [5, 5.41) is 6.24. The molecule has 5 rings (SSSR count). The molecule has 0 unspecified atom stereocenters. The molecule has 1 atom stereocenters. The molecule has 2 aromatic heterocycles. The van der Waals surface area contributed by atoms with Crippen molar-refractivity contribution >= 4 is 40.6 Å². The summed E-state index contributed by atoms with van der Waals surface area (Å²) in [6.45, 7) is 1.49. The minimum absolute atomic E-state index is 0.0707. The van der Waals surface area contributed by atoms with Gasteiger partial charge in [-0.1, -0.05) is 17.7 Å². The van der Waals surface area contributed by atoms with Gasteiger partial charge in [-0.2, -0.15) is 0 Å². The van der Waals surface area contributed by atoms with Crippen LogP contribution in [0.25, 0.3) is 5.69 Å². The molecule has 0 spiro atoms. The van der Waals surface area contributed by atoms with Crippen molar-refractivity contribution in [1.82, 2.24) is 15.2 Å². The van der Waals surface area contributed by atoms with Crippen LogP contribution < -0.4 is 21.1 Å². The molecule has 9 nitrogen and oxygen atoms in total. The van der Waals surface area contributed by atoms with E-state index in [1.54, 1.807) is 36.1 Å². The summed E-state index contributed by atoms with van der Waals surface area (Å²) in [4.78, 5) is 40.2. The van der Waals surface area contributed by atoms with Gasteiger partial charge in [0.1, 0.15) is 6.10 Å².